The summed E-state index contributed by atoms with van der Waals surface area (Å²) in [5.74, 6) is 0. The summed E-state index contributed by atoms with van der Waals surface area (Å²) in [5, 5.41) is 6.27. The van der Waals surface area contributed by atoms with E-state index in [2.05, 4.69) is 10.1 Å². The van der Waals surface area contributed by atoms with Crippen LogP contribution in [0.3, 0.4) is 0 Å². The molecule has 0 aliphatic rings. The molecule has 0 saturated carbocycles. The molecule has 0 fully saturated rings. The number of benzene rings is 1. The Morgan fingerprint density at radius 3 is 2.64 bits per heavy atom. The lowest BCUT2D eigenvalue weighted by atomic mass is 10.2. The van der Waals surface area contributed by atoms with Crippen LogP contribution in [0.4, 0.5) is 13.2 Å². The molecule has 0 amide bonds. The van der Waals surface area contributed by atoms with E-state index in [4.69, 9.17) is 23.2 Å². The Labute approximate surface area is 136 Å². The van der Waals surface area contributed by atoms with Crippen molar-refractivity contribution in [3.8, 4) is 16.4 Å². The summed E-state index contributed by atoms with van der Waals surface area (Å²) in [6, 6.07) is 5.73. The molecular formula is C13H6Cl2F3N3S. The highest BCUT2D eigenvalue weighted by Gasteiger charge is 2.35. The smallest absolute Gasteiger partial charge is 0.218 e. The van der Waals surface area contributed by atoms with Gasteiger partial charge in [-0.3, -0.25) is 0 Å². The van der Waals surface area contributed by atoms with E-state index in [0.717, 1.165) is 28.3 Å². The first-order valence-electron chi connectivity index (χ1n) is 5.89. The van der Waals surface area contributed by atoms with Crippen LogP contribution in [0.2, 0.25) is 10.0 Å². The fourth-order valence-corrected chi connectivity index (χ4v) is 3.03. The van der Waals surface area contributed by atoms with Gasteiger partial charge in [0.05, 0.1) is 16.9 Å². The van der Waals surface area contributed by atoms with Gasteiger partial charge in [0, 0.05) is 16.0 Å². The summed E-state index contributed by atoms with van der Waals surface area (Å²) in [6.45, 7) is 0. The Balaban J connectivity index is 2.05. The summed E-state index contributed by atoms with van der Waals surface area (Å²) >= 11 is 13.0. The number of halogens is 5. The summed E-state index contributed by atoms with van der Waals surface area (Å²) in [5.41, 5.74) is 0.110. The van der Waals surface area contributed by atoms with Gasteiger partial charge in [0.2, 0.25) is 5.13 Å². The van der Waals surface area contributed by atoms with Gasteiger partial charge in [-0.15, -0.1) is 11.3 Å². The van der Waals surface area contributed by atoms with Crippen molar-refractivity contribution in [2.45, 2.75) is 6.18 Å². The number of hydrogen-bond acceptors (Lipinski definition) is 3. The van der Waals surface area contributed by atoms with Crippen molar-refractivity contribution in [3.63, 3.8) is 0 Å². The molecule has 0 saturated heterocycles. The standard InChI is InChI=1S/C13H6Cl2F3N3S/c14-7-1-2-9(15)8(5-7)10-6-22-12(20-10)21-11(3-4-19-21)13(16,17)18/h1-6H. The summed E-state index contributed by atoms with van der Waals surface area (Å²) in [6.07, 6.45) is -3.42. The highest BCUT2D eigenvalue weighted by molar-refractivity contribution is 7.12. The lowest BCUT2D eigenvalue weighted by Gasteiger charge is -2.07. The van der Waals surface area contributed by atoms with Crippen molar-refractivity contribution in [1.29, 1.82) is 0 Å². The molecule has 22 heavy (non-hydrogen) atoms. The van der Waals surface area contributed by atoms with Crippen LogP contribution in [0.5, 0.6) is 0 Å². The van der Waals surface area contributed by atoms with Crippen LogP contribution in [0.25, 0.3) is 16.4 Å². The van der Waals surface area contributed by atoms with Gasteiger partial charge in [-0.2, -0.15) is 18.3 Å². The minimum Gasteiger partial charge on any atom is -0.218 e. The van der Waals surface area contributed by atoms with Crippen LogP contribution >= 0.6 is 34.5 Å². The second kappa shape index (κ2) is 5.57. The number of hydrogen-bond donors (Lipinski definition) is 0. The fourth-order valence-electron chi connectivity index (χ4n) is 1.85. The Kier molecular flexibility index (Phi) is 3.88. The lowest BCUT2D eigenvalue weighted by molar-refractivity contribution is -0.142. The molecule has 0 atom stereocenters. The molecular weight excluding hydrogens is 358 g/mol. The maximum atomic E-state index is 12.9. The summed E-state index contributed by atoms with van der Waals surface area (Å²) in [4.78, 5) is 4.17. The van der Waals surface area contributed by atoms with E-state index in [0.29, 0.717) is 21.3 Å². The molecule has 9 heteroatoms. The first kappa shape index (κ1) is 15.3. The molecule has 2 aromatic heterocycles. The van der Waals surface area contributed by atoms with E-state index < -0.39 is 11.9 Å². The molecule has 0 aliphatic heterocycles. The Morgan fingerprint density at radius 2 is 1.91 bits per heavy atom. The third-order valence-corrected chi connectivity index (χ3v) is 4.19. The molecule has 3 aromatic rings. The maximum Gasteiger partial charge on any atom is 0.433 e. The van der Waals surface area contributed by atoms with Crippen LogP contribution in [0, 0.1) is 0 Å². The van der Waals surface area contributed by atoms with Gasteiger partial charge < -0.3 is 0 Å². The Morgan fingerprint density at radius 1 is 1.14 bits per heavy atom. The van der Waals surface area contributed by atoms with Crippen molar-refractivity contribution < 1.29 is 13.2 Å². The highest BCUT2D eigenvalue weighted by atomic mass is 35.5. The molecule has 0 spiro atoms. The van der Waals surface area contributed by atoms with E-state index >= 15 is 0 Å². The van der Waals surface area contributed by atoms with Crippen molar-refractivity contribution in [3.05, 3.63) is 51.6 Å². The van der Waals surface area contributed by atoms with Crippen molar-refractivity contribution in [1.82, 2.24) is 14.8 Å². The SMILES string of the molecule is FC(F)(F)c1ccnn1-c1nc(-c2cc(Cl)ccc2Cl)cs1. The molecule has 114 valence electrons. The molecule has 0 unspecified atom stereocenters. The second-order valence-electron chi connectivity index (χ2n) is 4.27. The molecule has 3 nitrogen and oxygen atoms in total. The number of aromatic nitrogens is 3. The number of rotatable bonds is 2. The zero-order chi connectivity index (χ0) is 15.9. The quantitative estimate of drug-likeness (QED) is 0.616. The first-order valence-corrected chi connectivity index (χ1v) is 7.52. The lowest BCUT2D eigenvalue weighted by Crippen LogP contribution is -2.13. The average Bonchev–Trinajstić information content (AvgIpc) is 3.07. The number of thiazole rings is 1. The summed E-state index contributed by atoms with van der Waals surface area (Å²) < 4.78 is 39.4. The highest BCUT2D eigenvalue weighted by Crippen LogP contribution is 2.34. The van der Waals surface area contributed by atoms with Crippen molar-refractivity contribution >= 4 is 34.5 Å². The zero-order valence-corrected chi connectivity index (χ0v) is 12.9. The molecule has 0 aliphatic carbocycles. The largest absolute Gasteiger partial charge is 0.433 e. The minimum atomic E-state index is -4.50. The van der Waals surface area contributed by atoms with Crippen LogP contribution in [-0.2, 0) is 6.18 Å². The molecule has 0 bridgehead atoms. The molecule has 1 aromatic carbocycles. The minimum absolute atomic E-state index is 0.100. The number of alkyl halides is 3. The van der Waals surface area contributed by atoms with E-state index in [1.54, 1.807) is 23.6 Å². The van der Waals surface area contributed by atoms with E-state index in [9.17, 15) is 13.2 Å². The molecule has 3 rings (SSSR count). The van der Waals surface area contributed by atoms with Gasteiger partial charge in [0.15, 0.2) is 5.69 Å². The Bertz CT molecular complexity index is 826. The van der Waals surface area contributed by atoms with Gasteiger partial charge in [0.25, 0.3) is 0 Å². The summed E-state index contributed by atoms with van der Waals surface area (Å²) in [7, 11) is 0. The first-order chi connectivity index (χ1) is 10.4. The maximum absolute atomic E-state index is 12.9. The Hall–Kier alpha value is -1.57. The van der Waals surface area contributed by atoms with E-state index in [1.807, 2.05) is 0 Å². The van der Waals surface area contributed by atoms with Gasteiger partial charge in [0.1, 0.15) is 0 Å². The van der Waals surface area contributed by atoms with Gasteiger partial charge in [-0.05, 0) is 24.3 Å². The van der Waals surface area contributed by atoms with E-state index in [-0.39, 0.29) is 5.13 Å². The molecule has 2 heterocycles. The zero-order valence-electron chi connectivity index (χ0n) is 10.6. The monoisotopic (exact) mass is 363 g/mol. The van der Waals surface area contributed by atoms with Crippen molar-refractivity contribution in [2.75, 3.05) is 0 Å². The molecule has 0 N–H and O–H groups in total. The second-order valence-corrected chi connectivity index (χ2v) is 5.95. The van der Waals surface area contributed by atoms with E-state index in [1.165, 1.54) is 0 Å². The van der Waals surface area contributed by atoms with Gasteiger partial charge >= 0.3 is 6.18 Å². The predicted molar refractivity (Wildman–Crippen MR) is 79.7 cm³/mol. The normalized spacial score (nSPS) is 11.9. The van der Waals surface area contributed by atoms with Gasteiger partial charge in [-0.1, -0.05) is 23.2 Å². The predicted octanol–water partition coefficient (Wildman–Crippen LogP) is 5.32. The third kappa shape index (κ3) is 2.84. The van der Waals surface area contributed by atoms with Crippen LogP contribution in [0.1, 0.15) is 5.69 Å². The molecule has 0 radical (unpaired) electrons. The van der Waals surface area contributed by atoms with Crippen LogP contribution in [-0.4, -0.2) is 14.8 Å². The van der Waals surface area contributed by atoms with Crippen LogP contribution in [0.15, 0.2) is 35.8 Å². The fraction of sp³-hybridized carbons (Fsp3) is 0.0769. The van der Waals surface area contributed by atoms with Crippen LogP contribution < -0.4 is 0 Å². The average molecular weight is 364 g/mol. The number of nitrogens with zero attached hydrogens (tertiary/aromatic N) is 3. The van der Waals surface area contributed by atoms with Crippen molar-refractivity contribution in [2.24, 2.45) is 0 Å². The third-order valence-electron chi connectivity index (χ3n) is 2.81. The topological polar surface area (TPSA) is 30.7 Å². The van der Waals surface area contributed by atoms with Gasteiger partial charge in [-0.25, -0.2) is 9.67 Å².